The number of carbonyl (C=O) groups excluding carboxylic acids is 2. The number of hydrogen-bond acceptors (Lipinski definition) is 4. The molecule has 2 amide bonds. The fraction of sp³-hybridized carbons (Fsp3) is 0.346. The van der Waals surface area contributed by atoms with Crippen molar-refractivity contribution < 1.29 is 14.0 Å². The van der Waals surface area contributed by atoms with Gasteiger partial charge in [-0.3, -0.25) is 9.59 Å². The predicted octanol–water partition coefficient (Wildman–Crippen LogP) is 4.76. The second-order valence-corrected chi connectivity index (χ2v) is 10.3. The van der Waals surface area contributed by atoms with Crippen molar-refractivity contribution in [1.82, 2.24) is 15.2 Å². The number of aryl methyl sites for hydroxylation is 2. The van der Waals surface area contributed by atoms with Gasteiger partial charge in [-0.25, -0.2) is 9.37 Å². The molecule has 2 aliphatic rings. The molecular formula is C26H26FN3O2S. The van der Waals surface area contributed by atoms with Gasteiger partial charge in [-0.1, -0.05) is 35.9 Å². The van der Waals surface area contributed by atoms with Gasteiger partial charge in [0, 0.05) is 18.7 Å². The van der Waals surface area contributed by atoms with Crippen LogP contribution in [0.4, 0.5) is 4.39 Å². The quantitative estimate of drug-likeness (QED) is 0.593. The third kappa shape index (κ3) is 4.06. The van der Waals surface area contributed by atoms with E-state index in [1.807, 2.05) is 36.9 Å². The molecule has 3 aromatic rings. The molecule has 2 aromatic carbocycles. The third-order valence-corrected chi connectivity index (χ3v) is 7.78. The summed E-state index contributed by atoms with van der Waals surface area (Å²) >= 11 is 1.53. The van der Waals surface area contributed by atoms with Crippen LogP contribution in [0.15, 0.2) is 42.5 Å². The van der Waals surface area contributed by atoms with Crippen molar-refractivity contribution in [2.24, 2.45) is 11.8 Å². The Morgan fingerprint density at radius 1 is 1.18 bits per heavy atom. The van der Waals surface area contributed by atoms with Gasteiger partial charge < -0.3 is 10.2 Å². The first-order chi connectivity index (χ1) is 15.8. The molecule has 1 aliphatic carbocycles. The van der Waals surface area contributed by atoms with E-state index >= 15 is 0 Å². The summed E-state index contributed by atoms with van der Waals surface area (Å²) < 4.78 is 13.9. The van der Waals surface area contributed by atoms with Crippen LogP contribution in [0.25, 0.3) is 10.4 Å². The summed E-state index contributed by atoms with van der Waals surface area (Å²) in [6.45, 7) is 6.59. The van der Waals surface area contributed by atoms with Crippen LogP contribution in [-0.2, 0) is 0 Å². The van der Waals surface area contributed by atoms with Crippen molar-refractivity contribution in [3.63, 3.8) is 0 Å². The van der Waals surface area contributed by atoms with Crippen molar-refractivity contribution in [3.8, 4) is 10.4 Å². The average molecular weight is 464 g/mol. The number of aromatic nitrogens is 1. The topological polar surface area (TPSA) is 62.3 Å². The normalized spacial score (nSPS) is 21.1. The minimum atomic E-state index is -0.398. The molecule has 0 radical (unpaired) electrons. The second kappa shape index (κ2) is 8.37. The Balaban J connectivity index is 1.36. The Bertz CT molecular complexity index is 1250. The molecule has 1 aromatic heterocycles. The molecule has 33 heavy (non-hydrogen) atoms. The van der Waals surface area contributed by atoms with Gasteiger partial charge in [-0.15, -0.1) is 11.3 Å². The number of nitrogens with one attached hydrogen (secondary N) is 1. The maximum Gasteiger partial charge on any atom is 0.274 e. The van der Waals surface area contributed by atoms with Crippen LogP contribution in [0.3, 0.4) is 0 Å². The number of halogens is 1. The molecule has 7 heteroatoms. The molecule has 170 valence electrons. The summed E-state index contributed by atoms with van der Waals surface area (Å²) in [7, 11) is 0. The lowest BCUT2D eigenvalue weighted by atomic mass is 10.1. The Hall–Kier alpha value is -3.06. The lowest BCUT2D eigenvalue weighted by molar-refractivity contribution is 0.0690. The zero-order chi connectivity index (χ0) is 23.3. The average Bonchev–Trinajstić information content (AvgIpc) is 3.30. The Morgan fingerprint density at radius 2 is 1.97 bits per heavy atom. The second-order valence-electron chi connectivity index (χ2n) is 9.09. The highest BCUT2D eigenvalue weighted by Crippen LogP contribution is 2.50. The highest BCUT2D eigenvalue weighted by molar-refractivity contribution is 7.15. The lowest BCUT2D eigenvalue weighted by Gasteiger charge is -2.27. The van der Waals surface area contributed by atoms with E-state index in [9.17, 15) is 14.0 Å². The molecule has 5 nitrogen and oxygen atoms in total. The van der Waals surface area contributed by atoms with Crippen LogP contribution in [-0.4, -0.2) is 40.8 Å². The molecule has 0 spiro atoms. The monoisotopic (exact) mass is 463 g/mol. The van der Waals surface area contributed by atoms with Crippen LogP contribution in [0, 0.1) is 38.4 Å². The van der Waals surface area contributed by atoms with E-state index in [1.165, 1.54) is 23.5 Å². The predicted molar refractivity (Wildman–Crippen MR) is 127 cm³/mol. The van der Waals surface area contributed by atoms with E-state index in [-0.39, 0.29) is 17.9 Å². The SMILES string of the molecule is Cc1cccc(-c2sc(C)nc2C(=O)N2C[C@@H]3CC3[C@H]2CNC(=O)c2cccc(F)c2C)c1. The van der Waals surface area contributed by atoms with Crippen LogP contribution in [0.2, 0.25) is 0 Å². The summed E-state index contributed by atoms with van der Waals surface area (Å²) in [5.41, 5.74) is 3.28. The van der Waals surface area contributed by atoms with E-state index < -0.39 is 5.82 Å². The van der Waals surface area contributed by atoms with Crippen molar-refractivity contribution in [3.05, 3.63) is 75.7 Å². The molecule has 1 N–H and O–H groups in total. The molecule has 2 heterocycles. The number of nitrogens with zero attached hydrogens (tertiary/aromatic N) is 2. The van der Waals surface area contributed by atoms with E-state index in [0.717, 1.165) is 27.4 Å². The number of thiazole rings is 1. The van der Waals surface area contributed by atoms with E-state index in [4.69, 9.17) is 0 Å². The molecule has 1 aliphatic heterocycles. The first-order valence-corrected chi connectivity index (χ1v) is 12.0. The van der Waals surface area contributed by atoms with E-state index in [2.05, 4.69) is 16.4 Å². The first kappa shape index (κ1) is 21.8. The zero-order valence-corrected chi connectivity index (χ0v) is 19.7. The van der Waals surface area contributed by atoms with Gasteiger partial charge in [0.2, 0.25) is 0 Å². The minimum Gasteiger partial charge on any atom is -0.350 e. The molecule has 2 fully saturated rings. The maximum absolute atomic E-state index is 13.9. The minimum absolute atomic E-state index is 0.0762. The third-order valence-electron chi connectivity index (χ3n) is 6.76. The summed E-state index contributed by atoms with van der Waals surface area (Å²) in [6, 6.07) is 12.5. The van der Waals surface area contributed by atoms with Gasteiger partial charge in [0.15, 0.2) is 0 Å². The number of amides is 2. The Labute approximate surface area is 196 Å². The lowest BCUT2D eigenvalue weighted by Crippen LogP contribution is -2.45. The molecular weight excluding hydrogens is 437 g/mol. The summed E-state index contributed by atoms with van der Waals surface area (Å²) in [5.74, 6) is 0.0850. The standard InChI is InChI=1S/C26H26FN3O2S/c1-14-6-4-7-17(10-14)24-23(29-16(3)33-24)26(32)30-13-18-11-20(18)22(30)12-28-25(31)19-8-5-9-21(27)15(19)2/h4-10,18,20,22H,11-13H2,1-3H3,(H,28,31)/t18-,20?,22+/m0/s1. The molecule has 1 unspecified atom stereocenters. The number of fused-ring (bicyclic) bond motifs is 1. The zero-order valence-electron chi connectivity index (χ0n) is 18.9. The van der Waals surface area contributed by atoms with Gasteiger partial charge >= 0.3 is 0 Å². The molecule has 5 rings (SSSR count). The number of likely N-dealkylation sites (tertiary alicyclic amines) is 1. The highest BCUT2D eigenvalue weighted by atomic mass is 32.1. The highest BCUT2D eigenvalue weighted by Gasteiger charge is 2.54. The number of piperidine rings is 1. The van der Waals surface area contributed by atoms with Crippen LogP contribution in [0.1, 0.15) is 43.4 Å². The molecule has 3 atom stereocenters. The largest absolute Gasteiger partial charge is 0.350 e. The van der Waals surface area contributed by atoms with Gasteiger partial charge in [0.05, 0.1) is 15.9 Å². The van der Waals surface area contributed by atoms with E-state index in [1.54, 1.807) is 13.0 Å². The molecule has 1 saturated heterocycles. The van der Waals surface area contributed by atoms with Gasteiger partial charge in [-0.2, -0.15) is 0 Å². The summed E-state index contributed by atoms with van der Waals surface area (Å²) in [6.07, 6.45) is 1.07. The molecule has 0 bridgehead atoms. The smallest absolute Gasteiger partial charge is 0.274 e. The molecule has 1 saturated carbocycles. The van der Waals surface area contributed by atoms with Crippen LogP contribution >= 0.6 is 11.3 Å². The van der Waals surface area contributed by atoms with Gasteiger partial charge in [-0.05, 0) is 62.3 Å². The number of carbonyl (C=O) groups is 2. The maximum atomic E-state index is 13.9. The van der Waals surface area contributed by atoms with Crippen molar-refractivity contribution in [2.75, 3.05) is 13.1 Å². The van der Waals surface area contributed by atoms with Crippen LogP contribution in [0.5, 0.6) is 0 Å². The number of rotatable bonds is 5. The van der Waals surface area contributed by atoms with Crippen molar-refractivity contribution in [2.45, 2.75) is 33.2 Å². The first-order valence-electron chi connectivity index (χ1n) is 11.2. The summed E-state index contributed by atoms with van der Waals surface area (Å²) in [4.78, 5) is 33.7. The number of hydrogen-bond donors (Lipinski definition) is 1. The Morgan fingerprint density at radius 3 is 2.76 bits per heavy atom. The fourth-order valence-corrected chi connectivity index (χ4v) is 5.81. The fourth-order valence-electron chi connectivity index (χ4n) is 4.90. The van der Waals surface area contributed by atoms with Gasteiger partial charge in [0.25, 0.3) is 11.8 Å². The van der Waals surface area contributed by atoms with Crippen molar-refractivity contribution in [1.29, 1.82) is 0 Å². The Kier molecular flexibility index (Phi) is 5.52. The van der Waals surface area contributed by atoms with Gasteiger partial charge in [0.1, 0.15) is 11.5 Å². The van der Waals surface area contributed by atoms with E-state index in [0.29, 0.717) is 41.7 Å². The van der Waals surface area contributed by atoms with Crippen molar-refractivity contribution >= 4 is 23.2 Å². The van der Waals surface area contributed by atoms with Crippen LogP contribution < -0.4 is 5.32 Å². The summed E-state index contributed by atoms with van der Waals surface area (Å²) in [5, 5.41) is 3.80. The number of benzene rings is 2.